The van der Waals surface area contributed by atoms with Crippen molar-refractivity contribution in [3.8, 4) is 0 Å². The zero-order valence-corrected chi connectivity index (χ0v) is 10.3. The summed E-state index contributed by atoms with van der Waals surface area (Å²) in [6.45, 7) is 2.06. The van der Waals surface area contributed by atoms with Crippen molar-refractivity contribution in [1.82, 2.24) is 0 Å². The van der Waals surface area contributed by atoms with Crippen LogP contribution in [0.5, 0.6) is 0 Å². The lowest BCUT2D eigenvalue weighted by atomic mass is 10.1. The zero-order valence-electron chi connectivity index (χ0n) is 8.73. The number of rotatable bonds is 4. The highest BCUT2D eigenvalue weighted by molar-refractivity contribution is 9.06. The Labute approximate surface area is 102 Å². The maximum absolute atomic E-state index is 11.4. The van der Waals surface area contributed by atoms with Crippen molar-refractivity contribution < 1.29 is 18.2 Å². The summed E-state index contributed by atoms with van der Waals surface area (Å²) in [5.41, 5.74) is 0.942. The van der Waals surface area contributed by atoms with Crippen LogP contribution >= 0.6 is 16.3 Å². The first-order valence-electron chi connectivity index (χ1n) is 4.75. The van der Waals surface area contributed by atoms with Crippen LogP contribution in [0.25, 0.3) is 0 Å². The van der Waals surface area contributed by atoms with E-state index in [0.717, 1.165) is 0 Å². The number of ether oxygens (including phenoxy) is 1. The topological polar surface area (TPSA) is 52.6 Å². The van der Waals surface area contributed by atoms with Crippen molar-refractivity contribution in [3.05, 3.63) is 35.4 Å². The van der Waals surface area contributed by atoms with Crippen molar-refractivity contribution in [2.75, 3.05) is 6.61 Å². The Hall–Kier alpha value is -1.36. The SMILES string of the molecule is CCOC(=O)Cc1ccccc1C(=O)OBr. The molecular weight excluding hydrogens is 276 g/mol. The molecule has 16 heavy (non-hydrogen) atoms. The molecule has 0 fully saturated rings. The molecule has 5 heteroatoms. The molecule has 0 saturated carbocycles. The van der Waals surface area contributed by atoms with Crippen molar-refractivity contribution in [1.29, 1.82) is 0 Å². The first kappa shape index (κ1) is 12.7. The molecule has 0 spiro atoms. The predicted octanol–water partition coefficient (Wildman–Crippen LogP) is 2.26. The fraction of sp³-hybridized carbons (Fsp3) is 0.273. The van der Waals surface area contributed by atoms with Crippen LogP contribution in [0, 0.1) is 0 Å². The van der Waals surface area contributed by atoms with E-state index < -0.39 is 5.97 Å². The van der Waals surface area contributed by atoms with Gasteiger partial charge < -0.3 is 8.57 Å². The number of benzene rings is 1. The summed E-state index contributed by atoms with van der Waals surface area (Å²) < 4.78 is 9.25. The molecule has 1 aromatic carbocycles. The summed E-state index contributed by atoms with van der Waals surface area (Å²) >= 11 is 2.62. The van der Waals surface area contributed by atoms with Gasteiger partial charge in [-0.25, -0.2) is 4.79 Å². The van der Waals surface area contributed by atoms with E-state index in [0.29, 0.717) is 17.7 Å². The lowest BCUT2D eigenvalue weighted by Crippen LogP contribution is -2.11. The summed E-state index contributed by atoms with van der Waals surface area (Å²) in [7, 11) is 0. The lowest BCUT2D eigenvalue weighted by Gasteiger charge is -2.06. The van der Waals surface area contributed by atoms with Crippen LogP contribution in [-0.2, 0) is 19.8 Å². The van der Waals surface area contributed by atoms with Gasteiger partial charge in [0.25, 0.3) is 0 Å². The van der Waals surface area contributed by atoms with Crippen molar-refractivity contribution in [2.45, 2.75) is 13.3 Å². The Morgan fingerprint density at radius 2 is 2.00 bits per heavy atom. The molecule has 1 rings (SSSR count). The van der Waals surface area contributed by atoms with Gasteiger partial charge in [-0.15, -0.1) is 0 Å². The highest BCUT2D eigenvalue weighted by Gasteiger charge is 2.14. The van der Waals surface area contributed by atoms with Gasteiger partial charge in [0.05, 0.1) is 18.6 Å². The maximum Gasteiger partial charge on any atom is 0.349 e. The molecule has 0 atom stereocenters. The number of halogens is 1. The molecule has 4 nitrogen and oxygen atoms in total. The Kier molecular flexibility index (Phi) is 4.98. The van der Waals surface area contributed by atoms with E-state index in [1.165, 1.54) is 0 Å². The van der Waals surface area contributed by atoms with E-state index in [1.807, 2.05) is 0 Å². The minimum absolute atomic E-state index is 0.0616. The van der Waals surface area contributed by atoms with Gasteiger partial charge in [-0.05, 0) is 18.6 Å². The number of carbonyl (C=O) groups is 2. The Bertz CT molecular complexity index is 389. The highest BCUT2D eigenvalue weighted by Crippen LogP contribution is 2.12. The quantitative estimate of drug-likeness (QED) is 0.797. The van der Waals surface area contributed by atoms with E-state index in [-0.39, 0.29) is 12.4 Å². The van der Waals surface area contributed by atoms with E-state index in [4.69, 9.17) is 4.74 Å². The lowest BCUT2D eigenvalue weighted by molar-refractivity contribution is -0.142. The van der Waals surface area contributed by atoms with Crippen LogP contribution in [0.3, 0.4) is 0 Å². The molecule has 0 aromatic heterocycles. The summed E-state index contributed by atoms with van der Waals surface area (Å²) in [6, 6.07) is 6.74. The molecule has 0 amide bonds. The minimum Gasteiger partial charge on any atom is -0.466 e. The average molecular weight is 287 g/mol. The second-order valence-electron chi connectivity index (χ2n) is 3.00. The van der Waals surface area contributed by atoms with Crippen molar-refractivity contribution in [2.24, 2.45) is 0 Å². The third-order valence-corrected chi connectivity index (χ3v) is 2.24. The molecule has 0 saturated heterocycles. The molecule has 0 aliphatic heterocycles. The smallest absolute Gasteiger partial charge is 0.349 e. The van der Waals surface area contributed by atoms with E-state index in [9.17, 15) is 9.59 Å². The van der Waals surface area contributed by atoms with Crippen LogP contribution in [0.2, 0.25) is 0 Å². The predicted molar refractivity (Wildman–Crippen MR) is 61.1 cm³/mol. The Morgan fingerprint density at radius 3 is 2.62 bits per heavy atom. The zero-order chi connectivity index (χ0) is 12.0. The Morgan fingerprint density at radius 1 is 1.31 bits per heavy atom. The molecule has 0 bridgehead atoms. The third-order valence-electron chi connectivity index (χ3n) is 1.95. The second-order valence-corrected chi connectivity index (χ2v) is 3.33. The van der Waals surface area contributed by atoms with Crippen LogP contribution in [0.1, 0.15) is 22.8 Å². The normalized spacial score (nSPS) is 9.62. The summed E-state index contributed by atoms with van der Waals surface area (Å²) in [4.78, 5) is 22.6. The van der Waals surface area contributed by atoms with Crippen molar-refractivity contribution in [3.63, 3.8) is 0 Å². The van der Waals surface area contributed by atoms with E-state index >= 15 is 0 Å². The highest BCUT2D eigenvalue weighted by atomic mass is 79.9. The van der Waals surface area contributed by atoms with Crippen LogP contribution in [0.4, 0.5) is 0 Å². The van der Waals surface area contributed by atoms with Gasteiger partial charge in [0.15, 0.2) is 16.3 Å². The van der Waals surface area contributed by atoms with Crippen LogP contribution < -0.4 is 0 Å². The van der Waals surface area contributed by atoms with Gasteiger partial charge in [0.1, 0.15) is 0 Å². The van der Waals surface area contributed by atoms with E-state index in [2.05, 4.69) is 20.1 Å². The number of hydrogen-bond acceptors (Lipinski definition) is 4. The first-order chi connectivity index (χ1) is 7.69. The number of hydrogen-bond donors (Lipinski definition) is 0. The fourth-order valence-corrected chi connectivity index (χ4v) is 1.46. The van der Waals surface area contributed by atoms with Crippen LogP contribution in [-0.4, -0.2) is 18.5 Å². The number of carbonyl (C=O) groups excluding carboxylic acids is 2. The second kappa shape index (κ2) is 6.27. The van der Waals surface area contributed by atoms with Gasteiger partial charge in [-0.3, -0.25) is 4.79 Å². The van der Waals surface area contributed by atoms with Crippen LogP contribution in [0.15, 0.2) is 24.3 Å². The third kappa shape index (κ3) is 3.34. The molecule has 0 heterocycles. The summed E-state index contributed by atoms with van der Waals surface area (Å²) in [6.07, 6.45) is 0.0616. The molecule has 0 aliphatic carbocycles. The summed E-state index contributed by atoms with van der Waals surface area (Å²) in [5.74, 6) is -0.891. The molecule has 0 unspecified atom stereocenters. The Balaban J connectivity index is 2.87. The van der Waals surface area contributed by atoms with Gasteiger partial charge in [-0.2, -0.15) is 0 Å². The monoisotopic (exact) mass is 286 g/mol. The van der Waals surface area contributed by atoms with Gasteiger partial charge in [0.2, 0.25) is 0 Å². The van der Waals surface area contributed by atoms with E-state index in [1.54, 1.807) is 31.2 Å². The largest absolute Gasteiger partial charge is 0.466 e. The van der Waals surface area contributed by atoms with Gasteiger partial charge in [0, 0.05) is 0 Å². The molecule has 0 radical (unpaired) electrons. The number of esters is 1. The molecule has 86 valence electrons. The summed E-state index contributed by atoms with van der Waals surface area (Å²) in [5, 5.41) is 0. The average Bonchev–Trinajstić information content (AvgIpc) is 2.29. The first-order valence-corrected chi connectivity index (χ1v) is 5.40. The minimum atomic E-state index is -0.528. The fourth-order valence-electron chi connectivity index (χ4n) is 1.28. The molecule has 1 aromatic rings. The standard InChI is InChI=1S/C11H11BrO4/c1-2-15-10(13)7-8-5-3-4-6-9(8)11(14)16-12/h3-6H,2,7H2,1H3. The maximum atomic E-state index is 11.4. The molecule has 0 aliphatic rings. The van der Waals surface area contributed by atoms with Gasteiger partial charge >= 0.3 is 11.9 Å². The molecule has 0 N–H and O–H groups in total. The van der Waals surface area contributed by atoms with Gasteiger partial charge in [-0.1, -0.05) is 18.2 Å². The molecular formula is C11H11BrO4. The van der Waals surface area contributed by atoms with Crippen molar-refractivity contribution >= 4 is 28.2 Å².